The lowest BCUT2D eigenvalue weighted by molar-refractivity contribution is 0.0888. The molecule has 2 N–H and O–H groups in total. The molecule has 1 aromatic rings. The van der Waals surface area contributed by atoms with Crippen molar-refractivity contribution in [2.24, 2.45) is 10.9 Å². The predicted octanol–water partition coefficient (Wildman–Crippen LogP) is 3.25. The topological polar surface area (TPSA) is 58.1 Å². The van der Waals surface area contributed by atoms with Crippen LogP contribution in [-0.4, -0.2) is 65.1 Å². The van der Waals surface area contributed by atoms with Crippen molar-refractivity contribution in [1.82, 2.24) is 10.6 Å². The fourth-order valence-corrected chi connectivity index (χ4v) is 3.76. The number of rotatable bonds is 8. The van der Waals surface area contributed by atoms with Crippen LogP contribution >= 0.6 is 39.9 Å². The van der Waals surface area contributed by atoms with E-state index in [9.17, 15) is 0 Å². The first-order valence-corrected chi connectivity index (χ1v) is 10.7. The van der Waals surface area contributed by atoms with Crippen molar-refractivity contribution in [2.75, 3.05) is 58.0 Å². The largest absolute Gasteiger partial charge is 0.381 e. The van der Waals surface area contributed by atoms with Crippen LogP contribution in [-0.2, 0) is 9.47 Å². The van der Waals surface area contributed by atoms with Gasteiger partial charge in [0.1, 0.15) is 0 Å². The molecule has 2 saturated heterocycles. The van der Waals surface area contributed by atoms with Gasteiger partial charge in [0.05, 0.1) is 13.2 Å². The number of nitrogens with zero attached hydrogens (tertiary/aromatic N) is 2. The third-order valence-corrected chi connectivity index (χ3v) is 5.61. The highest BCUT2D eigenvalue weighted by atomic mass is 127. The molecule has 2 fully saturated rings. The molecule has 3 rings (SSSR count). The molecule has 0 aromatic heterocycles. The van der Waals surface area contributed by atoms with E-state index in [2.05, 4.69) is 60.7 Å². The fourth-order valence-electron chi connectivity index (χ4n) is 3.50. The first kappa shape index (κ1) is 23.7. The van der Waals surface area contributed by atoms with Crippen molar-refractivity contribution < 1.29 is 9.47 Å². The van der Waals surface area contributed by atoms with E-state index in [1.807, 2.05) is 7.05 Å². The Kier molecular flexibility index (Phi) is 10.9. The van der Waals surface area contributed by atoms with Gasteiger partial charge in [0.2, 0.25) is 0 Å². The molecule has 0 bridgehead atoms. The molecular weight excluding hydrogens is 535 g/mol. The van der Waals surface area contributed by atoms with Crippen LogP contribution in [0.3, 0.4) is 0 Å². The van der Waals surface area contributed by atoms with Crippen LogP contribution in [0.1, 0.15) is 19.3 Å². The van der Waals surface area contributed by atoms with E-state index in [0.717, 1.165) is 75.8 Å². The average molecular weight is 567 g/mol. The third-order valence-electron chi connectivity index (χ3n) is 5.08. The van der Waals surface area contributed by atoms with Crippen molar-refractivity contribution >= 4 is 51.6 Å². The zero-order valence-corrected chi connectivity index (χ0v) is 20.4. The van der Waals surface area contributed by atoms with E-state index in [4.69, 9.17) is 9.47 Å². The predicted molar refractivity (Wildman–Crippen MR) is 129 cm³/mol. The van der Waals surface area contributed by atoms with Crippen LogP contribution in [0, 0.1) is 5.92 Å². The van der Waals surface area contributed by atoms with Crippen LogP contribution in [0.4, 0.5) is 5.69 Å². The van der Waals surface area contributed by atoms with Crippen LogP contribution in [0.15, 0.2) is 33.7 Å². The van der Waals surface area contributed by atoms with Gasteiger partial charge in [-0.15, -0.1) is 24.0 Å². The second-order valence-electron chi connectivity index (χ2n) is 7.21. The summed E-state index contributed by atoms with van der Waals surface area (Å²) in [7, 11) is 1.83. The Morgan fingerprint density at radius 1 is 1.32 bits per heavy atom. The number of guanidine groups is 1. The number of anilines is 1. The summed E-state index contributed by atoms with van der Waals surface area (Å²) < 4.78 is 12.2. The molecular formula is C20H32BrIN4O2. The minimum atomic E-state index is 0. The normalized spacial score (nSPS) is 22.2. The number of aliphatic imine (C=N–C) groups is 1. The van der Waals surface area contributed by atoms with Crippen LogP contribution in [0.5, 0.6) is 0 Å². The minimum Gasteiger partial charge on any atom is -0.381 e. The molecule has 1 aromatic carbocycles. The number of nitrogens with one attached hydrogen (secondary N) is 2. The van der Waals surface area contributed by atoms with Gasteiger partial charge in [-0.2, -0.15) is 0 Å². The second kappa shape index (κ2) is 12.9. The maximum atomic E-state index is 5.75. The van der Waals surface area contributed by atoms with Crippen LogP contribution in [0.25, 0.3) is 0 Å². The summed E-state index contributed by atoms with van der Waals surface area (Å²) in [6, 6.07) is 8.93. The number of halogens is 2. The molecule has 0 saturated carbocycles. The molecule has 2 aliphatic heterocycles. The monoisotopic (exact) mass is 566 g/mol. The molecule has 2 heterocycles. The van der Waals surface area contributed by atoms with E-state index in [1.54, 1.807) is 0 Å². The average Bonchev–Trinajstić information content (AvgIpc) is 3.36. The third kappa shape index (κ3) is 7.68. The van der Waals surface area contributed by atoms with Gasteiger partial charge >= 0.3 is 0 Å². The highest BCUT2D eigenvalue weighted by Gasteiger charge is 2.23. The summed E-state index contributed by atoms with van der Waals surface area (Å²) in [6.45, 7) is 6.27. The van der Waals surface area contributed by atoms with Gasteiger partial charge in [-0.3, -0.25) is 4.99 Å². The zero-order valence-electron chi connectivity index (χ0n) is 16.5. The smallest absolute Gasteiger partial charge is 0.191 e. The molecule has 2 unspecified atom stereocenters. The maximum absolute atomic E-state index is 5.75. The Bertz CT molecular complexity index is 596. The van der Waals surface area contributed by atoms with Crippen molar-refractivity contribution in [2.45, 2.75) is 25.3 Å². The highest BCUT2D eigenvalue weighted by Crippen LogP contribution is 2.22. The summed E-state index contributed by atoms with van der Waals surface area (Å²) in [5, 5.41) is 6.94. The maximum Gasteiger partial charge on any atom is 0.191 e. The standard InChI is InChI=1S/C20H31BrN4O2.HI/c1-22-20(23-9-2-11-26-14-16-8-12-27-15-16)24-18-7-10-25(13-18)19-5-3-17(21)4-6-19;/h3-6,16,18H,2,7-15H2,1H3,(H2,22,23,24);1H. The van der Waals surface area contributed by atoms with Crippen molar-refractivity contribution in [3.8, 4) is 0 Å². The van der Waals surface area contributed by atoms with Crippen LogP contribution in [0.2, 0.25) is 0 Å². The molecule has 0 aliphatic carbocycles. The van der Waals surface area contributed by atoms with Crippen molar-refractivity contribution in [3.63, 3.8) is 0 Å². The van der Waals surface area contributed by atoms with Gasteiger partial charge in [-0.05, 0) is 43.5 Å². The molecule has 2 atom stereocenters. The lowest BCUT2D eigenvalue weighted by Gasteiger charge is -2.20. The number of hydrogen-bond donors (Lipinski definition) is 2. The Hall–Kier alpha value is -0.580. The van der Waals surface area contributed by atoms with Gasteiger partial charge in [0.15, 0.2) is 5.96 Å². The van der Waals surface area contributed by atoms with Crippen molar-refractivity contribution in [1.29, 1.82) is 0 Å². The van der Waals surface area contributed by atoms with E-state index < -0.39 is 0 Å². The summed E-state index contributed by atoms with van der Waals surface area (Å²) in [4.78, 5) is 6.77. The van der Waals surface area contributed by atoms with E-state index in [0.29, 0.717) is 12.0 Å². The summed E-state index contributed by atoms with van der Waals surface area (Å²) in [5.41, 5.74) is 1.27. The number of ether oxygens (including phenoxy) is 2. The Labute approximate surface area is 194 Å². The lowest BCUT2D eigenvalue weighted by Crippen LogP contribution is -2.45. The van der Waals surface area contributed by atoms with Gasteiger partial charge in [0.25, 0.3) is 0 Å². The fraction of sp³-hybridized carbons (Fsp3) is 0.650. The van der Waals surface area contributed by atoms with E-state index in [-0.39, 0.29) is 24.0 Å². The minimum absolute atomic E-state index is 0. The first-order chi connectivity index (χ1) is 13.2. The van der Waals surface area contributed by atoms with Gasteiger partial charge in [-0.1, -0.05) is 15.9 Å². The van der Waals surface area contributed by atoms with Gasteiger partial charge < -0.3 is 25.0 Å². The van der Waals surface area contributed by atoms with E-state index >= 15 is 0 Å². The van der Waals surface area contributed by atoms with Gasteiger partial charge in [-0.25, -0.2) is 0 Å². The highest BCUT2D eigenvalue weighted by molar-refractivity contribution is 14.0. The van der Waals surface area contributed by atoms with E-state index in [1.165, 1.54) is 5.69 Å². The summed E-state index contributed by atoms with van der Waals surface area (Å²) in [5.74, 6) is 1.46. The molecule has 8 heteroatoms. The number of hydrogen-bond acceptors (Lipinski definition) is 4. The molecule has 28 heavy (non-hydrogen) atoms. The quantitative estimate of drug-likeness (QED) is 0.219. The molecule has 0 amide bonds. The SMILES string of the molecule is CN=C(NCCCOCC1CCOC1)NC1CCN(c2ccc(Br)cc2)C1.I. The molecule has 158 valence electrons. The second-order valence-corrected chi connectivity index (χ2v) is 8.13. The lowest BCUT2D eigenvalue weighted by atomic mass is 10.1. The molecule has 6 nitrogen and oxygen atoms in total. The van der Waals surface area contributed by atoms with Crippen molar-refractivity contribution in [3.05, 3.63) is 28.7 Å². The molecule has 2 aliphatic rings. The Balaban J connectivity index is 0.00000280. The molecule has 0 radical (unpaired) electrons. The summed E-state index contributed by atoms with van der Waals surface area (Å²) in [6.07, 6.45) is 3.22. The summed E-state index contributed by atoms with van der Waals surface area (Å²) >= 11 is 3.50. The molecule has 0 spiro atoms. The Morgan fingerprint density at radius 2 is 2.14 bits per heavy atom. The van der Waals surface area contributed by atoms with Gasteiger partial charge in [0, 0.05) is 62.0 Å². The van der Waals surface area contributed by atoms with Crippen LogP contribution < -0.4 is 15.5 Å². The number of benzene rings is 1. The Morgan fingerprint density at radius 3 is 2.86 bits per heavy atom. The first-order valence-electron chi connectivity index (χ1n) is 9.88. The zero-order chi connectivity index (χ0) is 18.9.